The standard InChI is InChI=1S/C21H30ClN3O4S/c1-5-24(20(26)12-16(2)3)14-18-13-23-21(25(18)10-11-29-4)30(27,28)15-17-8-6-7-9-19(17)22/h6-9,13,16H,5,10-12,14-15H2,1-4H3. The fourth-order valence-corrected chi connectivity index (χ4v) is 4.95. The van der Waals surface area contributed by atoms with Crippen LogP contribution in [0.3, 0.4) is 0 Å². The van der Waals surface area contributed by atoms with Crippen LogP contribution in [-0.2, 0) is 38.2 Å². The fourth-order valence-electron chi connectivity index (χ4n) is 3.12. The number of ether oxygens (including phenoxy) is 1. The normalized spacial score (nSPS) is 11.8. The monoisotopic (exact) mass is 455 g/mol. The predicted octanol–water partition coefficient (Wildman–Crippen LogP) is 3.55. The quantitative estimate of drug-likeness (QED) is 0.517. The molecule has 166 valence electrons. The Morgan fingerprint density at radius 3 is 2.60 bits per heavy atom. The number of methoxy groups -OCH3 is 1. The first-order valence-electron chi connectivity index (χ1n) is 9.96. The number of hydrogen-bond donors (Lipinski definition) is 0. The highest BCUT2D eigenvalue weighted by Gasteiger charge is 2.26. The number of carbonyl (C=O) groups excluding carboxylic acids is 1. The van der Waals surface area contributed by atoms with E-state index in [1.54, 1.807) is 40.8 Å². The largest absolute Gasteiger partial charge is 0.383 e. The second-order valence-electron chi connectivity index (χ2n) is 7.53. The van der Waals surface area contributed by atoms with Gasteiger partial charge in [0.15, 0.2) is 0 Å². The van der Waals surface area contributed by atoms with E-state index in [2.05, 4.69) is 4.98 Å². The van der Waals surface area contributed by atoms with Crippen LogP contribution >= 0.6 is 11.6 Å². The van der Waals surface area contributed by atoms with Gasteiger partial charge < -0.3 is 14.2 Å². The molecular formula is C21H30ClN3O4S. The molecular weight excluding hydrogens is 426 g/mol. The Kier molecular flexibility index (Phi) is 8.88. The molecule has 0 radical (unpaired) electrons. The van der Waals surface area contributed by atoms with Crippen LogP contribution in [0.4, 0.5) is 0 Å². The molecule has 1 aromatic carbocycles. The first-order valence-corrected chi connectivity index (χ1v) is 12.0. The molecule has 0 aliphatic rings. The van der Waals surface area contributed by atoms with Crippen molar-refractivity contribution >= 4 is 27.3 Å². The van der Waals surface area contributed by atoms with Gasteiger partial charge in [0.2, 0.25) is 20.9 Å². The predicted molar refractivity (Wildman–Crippen MR) is 117 cm³/mol. The van der Waals surface area contributed by atoms with Crippen LogP contribution in [0.2, 0.25) is 5.02 Å². The Hall–Kier alpha value is -1.90. The lowest BCUT2D eigenvalue weighted by Gasteiger charge is -2.23. The van der Waals surface area contributed by atoms with Gasteiger partial charge in [0.05, 0.1) is 30.8 Å². The van der Waals surface area contributed by atoms with E-state index in [-0.39, 0.29) is 22.7 Å². The summed E-state index contributed by atoms with van der Waals surface area (Å²) in [6.45, 7) is 7.36. The number of nitrogens with zero attached hydrogens (tertiary/aromatic N) is 3. The molecule has 0 fully saturated rings. The summed E-state index contributed by atoms with van der Waals surface area (Å²) in [5, 5.41) is 0.356. The molecule has 0 unspecified atom stereocenters. The molecule has 0 N–H and O–H groups in total. The number of sulfone groups is 1. The summed E-state index contributed by atoms with van der Waals surface area (Å²) in [6.07, 6.45) is 1.97. The number of imidazole rings is 1. The highest BCUT2D eigenvalue weighted by molar-refractivity contribution is 7.90. The van der Waals surface area contributed by atoms with Crippen LogP contribution in [0.5, 0.6) is 0 Å². The van der Waals surface area contributed by atoms with Crippen LogP contribution in [0.25, 0.3) is 0 Å². The third-order valence-corrected chi connectivity index (χ3v) is 6.61. The molecule has 2 aromatic rings. The van der Waals surface area contributed by atoms with Crippen molar-refractivity contribution < 1.29 is 17.9 Å². The van der Waals surface area contributed by atoms with Crippen molar-refractivity contribution in [3.8, 4) is 0 Å². The van der Waals surface area contributed by atoms with Crippen LogP contribution in [0.1, 0.15) is 38.4 Å². The van der Waals surface area contributed by atoms with Gasteiger partial charge in [-0.2, -0.15) is 0 Å². The van der Waals surface area contributed by atoms with E-state index in [9.17, 15) is 13.2 Å². The molecule has 2 rings (SSSR count). The number of hydrogen-bond acceptors (Lipinski definition) is 5. The average molecular weight is 456 g/mol. The number of rotatable bonds is 11. The van der Waals surface area contributed by atoms with Crippen molar-refractivity contribution in [3.05, 3.63) is 46.7 Å². The van der Waals surface area contributed by atoms with Crippen molar-refractivity contribution in [1.82, 2.24) is 14.5 Å². The van der Waals surface area contributed by atoms with Gasteiger partial charge in [-0.25, -0.2) is 13.4 Å². The van der Waals surface area contributed by atoms with E-state index in [4.69, 9.17) is 16.3 Å². The third kappa shape index (κ3) is 6.30. The Balaban J connectivity index is 2.36. The number of amides is 1. The van der Waals surface area contributed by atoms with Crippen molar-refractivity contribution in [1.29, 1.82) is 0 Å². The Morgan fingerprint density at radius 1 is 1.30 bits per heavy atom. The topological polar surface area (TPSA) is 81.5 Å². The zero-order valence-electron chi connectivity index (χ0n) is 18.0. The Morgan fingerprint density at radius 2 is 2.00 bits per heavy atom. The summed E-state index contributed by atoms with van der Waals surface area (Å²) < 4.78 is 33.0. The molecule has 0 atom stereocenters. The number of halogens is 1. The number of benzene rings is 1. The maximum atomic E-state index is 13.1. The molecule has 7 nitrogen and oxygen atoms in total. The first kappa shape index (κ1) is 24.4. The molecule has 0 aliphatic heterocycles. The molecule has 0 aliphatic carbocycles. The van der Waals surface area contributed by atoms with Gasteiger partial charge in [0.1, 0.15) is 0 Å². The minimum atomic E-state index is -3.75. The van der Waals surface area contributed by atoms with E-state index in [0.29, 0.717) is 48.9 Å². The molecule has 30 heavy (non-hydrogen) atoms. The SMILES string of the molecule is CCN(Cc1cnc(S(=O)(=O)Cc2ccccc2Cl)n1CCOC)C(=O)CC(C)C. The molecule has 0 saturated carbocycles. The van der Waals surface area contributed by atoms with E-state index >= 15 is 0 Å². The van der Waals surface area contributed by atoms with Crippen LogP contribution in [0.15, 0.2) is 35.6 Å². The van der Waals surface area contributed by atoms with Gasteiger partial charge in [-0.05, 0) is 24.5 Å². The van der Waals surface area contributed by atoms with Gasteiger partial charge >= 0.3 is 0 Å². The van der Waals surface area contributed by atoms with Crippen molar-refractivity contribution in [3.63, 3.8) is 0 Å². The van der Waals surface area contributed by atoms with Crippen LogP contribution < -0.4 is 0 Å². The number of aromatic nitrogens is 2. The second kappa shape index (κ2) is 10.9. The zero-order chi connectivity index (χ0) is 22.3. The summed E-state index contributed by atoms with van der Waals surface area (Å²) in [4.78, 5) is 18.5. The minimum Gasteiger partial charge on any atom is -0.383 e. The molecule has 0 spiro atoms. The van der Waals surface area contributed by atoms with Crippen LogP contribution in [-0.4, -0.2) is 49.0 Å². The Bertz CT molecular complexity index is 957. The summed E-state index contributed by atoms with van der Waals surface area (Å²) in [5.41, 5.74) is 1.17. The van der Waals surface area contributed by atoms with Gasteiger partial charge in [0, 0.05) is 31.6 Å². The molecule has 1 aromatic heterocycles. The van der Waals surface area contributed by atoms with E-state index in [1.807, 2.05) is 20.8 Å². The van der Waals surface area contributed by atoms with Crippen molar-refractivity contribution in [2.24, 2.45) is 5.92 Å². The highest BCUT2D eigenvalue weighted by Crippen LogP contribution is 2.23. The Labute approximate surface area is 183 Å². The molecule has 1 amide bonds. The molecule has 1 heterocycles. The maximum absolute atomic E-state index is 13.1. The van der Waals surface area contributed by atoms with E-state index in [0.717, 1.165) is 0 Å². The molecule has 0 bridgehead atoms. The second-order valence-corrected chi connectivity index (χ2v) is 9.82. The van der Waals surface area contributed by atoms with Gasteiger partial charge in [-0.3, -0.25) is 4.79 Å². The van der Waals surface area contributed by atoms with Gasteiger partial charge in [0.25, 0.3) is 0 Å². The van der Waals surface area contributed by atoms with Crippen molar-refractivity contribution in [2.75, 3.05) is 20.3 Å². The van der Waals surface area contributed by atoms with Crippen LogP contribution in [0, 0.1) is 5.92 Å². The van der Waals surface area contributed by atoms with E-state index in [1.165, 1.54) is 6.20 Å². The lowest BCUT2D eigenvalue weighted by atomic mass is 10.1. The zero-order valence-corrected chi connectivity index (χ0v) is 19.5. The first-order chi connectivity index (χ1) is 14.2. The van der Waals surface area contributed by atoms with Crippen molar-refractivity contribution in [2.45, 2.75) is 51.2 Å². The molecule has 9 heteroatoms. The smallest absolute Gasteiger partial charge is 0.228 e. The number of carbonyl (C=O) groups is 1. The minimum absolute atomic E-state index is 0.0347. The summed E-state index contributed by atoms with van der Waals surface area (Å²) in [5.74, 6) is 0.0313. The average Bonchev–Trinajstić information content (AvgIpc) is 3.08. The highest BCUT2D eigenvalue weighted by atomic mass is 35.5. The lowest BCUT2D eigenvalue weighted by Crippen LogP contribution is -2.32. The fraction of sp³-hybridized carbons (Fsp3) is 0.524. The van der Waals surface area contributed by atoms with Gasteiger partial charge in [-0.15, -0.1) is 0 Å². The van der Waals surface area contributed by atoms with E-state index < -0.39 is 9.84 Å². The lowest BCUT2D eigenvalue weighted by molar-refractivity contribution is -0.132. The summed E-state index contributed by atoms with van der Waals surface area (Å²) >= 11 is 6.15. The molecule has 0 saturated heterocycles. The maximum Gasteiger partial charge on any atom is 0.228 e. The summed E-state index contributed by atoms with van der Waals surface area (Å²) in [7, 11) is -2.19. The third-order valence-electron chi connectivity index (χ3n) is 4.67. The summed E-state index contributed by atoms with van der Waals surface area (Å²) in [6, 6.07) is 6.85. The van der Waals surface area contributed by atoms with Gasteiger partial charge in [-0.1, -0.05) is 43.6 Å².